The average Bonchev–Trinajstić information content (AvgIpc) is 2.59. The van der Waals surface area contributed by atoms with Crippen LogP contribution in [0.25, 0.3) is 0 Å². The number of carbonyl (C=O) groups is 2. The minimum absolute atomic E-state index is 0.0778. The average molecular weight is 342 g/mol. The van der Waals surface area contributed by atoms with Gasteiger partial charge < -0.3 is 9.72 Å². The summed E-state index contributed by atoms with van der Waals surface area (Å²) >= 11 is 0. The number of benzene rings is 1. The maximum Gasteiger partial charge on any atom is 0.330 e. The first kappa shape index (κ1) is 18.1. The lowest BCUT2D eigenvalue weighted by Gasteiger charge is -2.11. The van der Waals surface area contributed by atoms with Gasteiger partial charge in [0.15, 0.2) is 0 Å². The highest BCUT2D eigenvalue weighted by Gasteiger charge is 2.21. The van der Waals surface area contributed by atoms with Gasteiger partial charge in [-0.15, -0.1) is 0 Å². The van der Waals surface area contributed by atoms with E-state index in [1.807, 2.05) is 0 Å². The van der Waals surface area contributed by atoms with Crippen molar-refractivity contribution in [1.82, 2.24) is 9.97 Å². The molecule has 7 nitrogen and oxygen atoms in total. The van der Waals surface area contributed by atoms with E-state index in [9.17, 15) is 19.2 Å². The summed E-state index contributed by atoms with van der Waals surface area (Å²) in [6.07, 6.45) is 2.64. The molecule has 1 heterocycles. The molecule has 0 bridgehead atoms. The third-order valence-electron chi connectivity index (χ3n) is 3.51. The van der Waals surface area contributed by atoms with Gasteiger partial charge in [-0.25, -0.2) is 9.59 Å². The van der Waals surface area contributed by atoms with E-state index in [4.69, 9.17) is 4.74 Å². The molecule has 0 saturated heterocycles. The summed E-state index contributed by atoms with van der Waals surface area (Å²) in [5.41, 5.74) is -1.12. The van der Waals surface area contributed by atoms with E-state index in [0.29, 0.717) is 5.56 Å². The number of aromatic nitrogens is 2. The monoisotopic (exact) mass is 342 g/mol. The Morgan fingerprint density at radius 2 is 1.84 bits per heavy atom. The van der Waals surface area contributed by atoms with Crippen LogP contribution in [0.2, 0.25) is 0 Å². The Bertz CT molecular complexity index is 909. The van der Waals surface area contributed by atoms with Crippen LogP contribution in [0.4, 0.5) is 0 Å². The number of H-pyrrole nitrogens is 2. The molecule has 25 heavy (non-hydrogen) atoms. The maximum absolute atomic E-state index is 12.7. The van der Waals surface area contributed by atoms with Gasteiger partial charge in [-0.1, -0.05) is 43.3 Å². The smallest absolute Gasteiger partial charge is 0.330 e. The zero-order valence-corrected chi connectivity index (χ0v) is 13.9. The first-order chi connectivity index (χ1) is 11.9. The van der Waals surface area contributed by atoms with E-state index in [1.54, 1.807) is 44.2 Å². The van der Waals surface area contributed by atoms with E-state index in [0.717, 1.165) is 0 Å². The predicted octanol–water partition coefficient (Wildman–Crippen LogP) is 1.52. The van der Waals surface area contributed by atoms with Crippen LogP contribution < -0.4 is 11.2 Å². The third kappa shape index (κ3) is 4.41. The molecule has 130 valence electrons. The molecule has 1 aromatic heterocycles. The van der Waals surface area contributed by atoms with E-state index in [-0.39, 0.29) is 17.9 Å². The zero-order chi connectivity index (χ0) is 18.4. The fourth-order valence-electron chi connectivity index (χ4n) is 2.35. The van der Waals surface area contributed by atoms with Crippen molar-refractivity contribution in [1.29, 1.82) is 0 Å². The van der Waals surface area contributed by atoms with Crippen LogP contribution in [-0.2, 0) is 9.53 Å². The summed E-state index contributed by atoms with van der Waals surface area (Å²) in [5, 5.41) is 0. The van der Waals surface area contributed by atoms with Crippen LogP contribution in [0.5, 0.6) is 0 Å². The van der Waals surface area contributed by atoms with E-state index >= 15 is 0 Å². The standard InChI is InChI=1S/C18H18N2O5/c1-3-25-13(21)10-9-11(2)14-15(19-18(24)20-17(14)23)16(22)12-7-5-4-6-8-12/h4-11H,3H2,1-2H3,(H2,19,20,23,24)/b10-9+. The lowest BCUT2D eigenvalue weighted by atomic mass is 9.96. The molecule has 0 aliphatic rings. The molecule has 0 saturated carbocycles. The van der Waals surface area contributed by atoms with Crippen molar-refractivity contribution in [3.8, 4) is 0 Å². The molecule has 2 rings (SSSR count). The number of ether oxygens (including phenoxy) is 1. The van der Waals surface area contributed by atoms with Crippen LogP contribution >= 0.6 is 0 Å². The van der Waals surface area contributed by atoms with Gasteiger partial charge in [0.2, 0.25) is 5.78 Å². The summed E-state index contributed by atoms with van der Waals surface area (Å²) in [5.74, 6) is -1.62. The summed E-state index contributed by atoms with van der Waals surface area (Å²) in [6, 6.07) is 8.29. The van der Waals surface area contributed by atoms with Gasteiger partial charge in [0.1, 0.15) is 5.69 Å². The SMILES string of the molecule is CCOC(=O)/C=C/C(C)c1c(C(=O)c2ccccc2)[nH]c(=O)[nH]c1=O. The van der Waals surface area contributed by atoms with Gasteiger partial charge >= 0.3 is 11.7 Å². The minimum Gasteiger partial charge on any atom is -0.463 e. The number of ketones is 1. The van der Waals surface area contributed by atoms with Crippen LogP contribution in [0.1, 0.15) is 41.4 Å². The second-order valence-corrected chi connectivity index (χ2v) is 5.29. The van der Waals surface area contributed by atoms with Crippen LogP contribution in [0.3, 0.4) is 0 Å². The lowest BCUT2D eigenvalue weighted by molar-refractivity contribution is -0.137. The second-order valence-electron chi connectivity index (χ2n) is 5.29. The number of hydrogen-bond donors (Lipinski definition) is 2. The van der Waals surface area contributed by atoms with Crippen molar-refractivity contribution in [3.63, 3.8) is 0 Å². The van der Waals surface area contributed by atoms with E-state index in [1.165, 1.54) is 12.2 Å². The molecule has 0 spiro atoms. The lowest BCUT2D eigenvalue weighted by Crippen LogP contribution is -2.31. The number of nitrogens with one attached hydrogen (secondary N) is 2. The second kappa shape index (κ2) is 8.05. The highest BCUT2D eigenvalue weighted by molar-refractivity contribution is 6.08. The number of aromatic amines is 2. The van der Waals surface area contributed by atoms with E-state index in [2.05, 4.69) is 9.97 Å². The Morgan fingerprint density at radius 1 is 1.16 bits per heavy atom. The van der Waals surface area contributed by atoms with Gasteiger partial charge in [-0.2, -0.15) is 0 Å². The molecule has 1 unspecified atom stereocenters. The summed E-state index contributed by atoms with van der Waals surface area (Å²) in [7, 11) is 0. The highest BCUT2D eigenvalue weighted by atomic mass is 16.5. The molecule has 0 aliphatic carbocycles. The highest BCUT2D eigenvalue weighted by Crippen LogP contribution is 2.18. The van der Waals surface area contributed by atoms with Crippen LogP contribution in [0, 0.1) is 0 Å². The molecular weight excluding hydrogens is 324 g/mol. The number of carbonyl (C=O) groups excluding carboxylic acids is 2. The fraction of sp³-hybridized carbons (Fsp3) is 0.222. The summed E-state index contributed by atoms with van der Waals surface area (Å²) in [6.45, 7) is 3.55. The summed E-state index contributed by atoms with van der Waals surface area (Å²) in [4.78, 5) is 52.5. The van der Waals surface area contributed by atoms with Crippen LogP contribution in [-0.4, -0.2) is 28.3 Å². The summed E-state index contributed by atoms with van der Waals surface area (Å²) < 4.78 is 4.79. The predicted molar refractivity (Wildman–Crippen MR) is 91.7 cm³/mol. The molecule has 0 fully saturated rings. The Balaban J connectivity index is 2.48. The number of hydrogen-bond acceptors (Lipinski definition) is 5. The van der Waals surface area contributed by atoms with Gasteiger partial charge in [-0.05, 0) is 6.92 Å². The minimum atomic E-state index is -0.769. The number of rotatable bonds is 6. The molecule has 0 aliphatic heterocycles. The van der Waals surface area contributed by atoms with Crippen molar-refractivity contribution in [2.45, 2.75) is 19.8 Å². The molecule has 0 radical (unpaired) electrons. The first-order valence-electron chi connectivity index (χ1n) is 7.75. The van der Waals surface area contributed by atoms with Gasteiger partial charge in [0, 0.05) is 17.6 Å². The Kier molecular flexibility index (Phi) is 5.84. The molecule has 1 atom stereocenters. The van der Waals surface area contributed by atoms with E-state index < -0.39 is 28.9 Å². The molecule has 2 N–H and O–H groups in total. The Hall–Kier alpha value is -3.22. The maximum atomic E-state index is 12.7. The molecule has 1 aromatic carbocycles. The molecule has 2 aromatic rings. The van der Waals surface area contributed by atoms with Crippen molar-refractivity contribution < 1.29 is 14.3 Å². The zero-order valence-electron chi connectivity index (χ0n) is 13.9. The molecular formula is C18H18N2O5. The van der Waals surface area contributed by atoms with Gasteiger partial charge in [0.05, 0.1) is 12.2 Å². The van der Waals surface area contributed by atoms with Crippen molar-refractivity contribution in [2.24, 2.45) is 0 Å². The van der Waals surface area contributed by atoms with Crippen molar-refractivity contribution in [2.75, 3.05) is 6.61 Å². The van der Waals surface area contributed by atoms with Crippen LogP contribution in [0.15, 0.2) is 52.1 Å². The van der Waals surface area contributed by atoms with Crippen molar-refractivity contribution >= 4 is 11.8 Å². The molecule has 7 heteroatoms. The normalized spacial score (nSPS) is 12.1. The van der Waals surface area contributed by atoms with Crippen molar-refractivity contribution in [3.05, 3.63) is 80.1 Å². The number of allylic oxidation sites excluding steroid dienone is 1. The van der Waals surface area contributed by atoms with Gasteiger partial charge in [-0.3, -0.25) is 14.6 Å². The quantitative estimate of drug-likeness (QED) is 0.470. The van der Waals surface area contributed by atoms with Gasteiger partial charge in [0.25, 0.3) is 5.56 Å². The largest absolute Gasteiger partial charge is 0.463 e. The Morgan fingerprint density at radius 3 is 2.48 bits per heavy atom. The Labute approximate surface area is 143 Å². The molecule has 0 amide bonds. The number of esters is 1. The topological polar surface area (TPSA) is 109 Å². The third-order valence-corrected chi connectivity index (χ3v) is 3.51. The first-order valence-corrected chi connectivity index (χ1v) is 7.75. The fourth-order valence-corrected chi connectivity index (χ4v) is 2.35.